The zero-order valence-electron chi connectivity index (χ0n) is 16.7. The lowest BCUT2D eigenvalue weighted by Crippen LogP contribution is -2.34. The van der Waals surface area contributed by atoms with Crippen LogP contribution in [0.5, 0.6) is 17.2 Å². The average molecular weight is 391 g/mol. The third-order valence-corrected chi connectivity index (χ3v) is 4.52. The molecule has 0 fully saturated rings. The van der Waals surface area contributed by atoms with E-state index in [-0.39, 0.29) is 12.5 Å². The van der Waals surface area contributed by atoms with Crippen molar-refractivity contribution in [3.8, 4) is 17.2 Å². The molecule has 3 aromatic carbocycles. The summed E-state index contributed by atoms with van der Waals surface area (Å²) < 4.78 is 16.1. The number of ether oxygens (including phenoxy) is 3. The zero-order chi connectivity index (χ0) is 20.5. The first-order valence-corrected chi connectivity index (χ1v) is 9.39. The van der Waals surface area contributed by atoms with Crippen molar-refractivity contribution in [3.63, 3.8) is 0 Å². The molecule has 0 aliphatic rings. The molecule has 3 aromatic rings. The van der Waals surface area contributed by atoms with Crippen molar-refractivity contribution in [2.24, 2.45) is 0 Å². The Morgan fingerprint density at radius 2 is 1.17 bits per heavy atom. The van der Waals surface area contributed by atoms with E-state index in [1.165, 1.54) is 0 Å². The Balaban J connectivity index is 1.72. The molecule has 0 atom stereocenters. The molecule has 5 heteroatoms. The predicted molar refractivity (Wildman–Crippen MR) is 112 cm³/mol. The Bertz CT molecular complexity index is 843. The number of carbonyl (C=O) groups excluding carboxylic acids is 1. The van der Waals surface area contributed by atoms with E-state index < -0.39 is 0 Å². The van der Waals surface area contributed by atoms with Gasteiger partial charge in [0.2, 0.25) is 0 Å². The van der Waals surface area contributed by atoms with Gasteiger partial charge in [-0.25, -0.2) is 0 Å². The Kier molecular flexibility index (Phi) is 7.11. The van der Waals surface area contributed by atoms with Crippen molar-refractivity contribution in [2.75, 3.05) is 20.8 Å². The van der Waals surface area contributed by atoms with E-state index >= 15 is 0 Å². The summed E-state index contributed by atoms with van der Waals surface area (Å²) in [6.45, 7) is 0.941. The van der Waals surface area contributed by atoms with Gasteiger partial charge in [0.05, 0.1) is 14.2 Å². The number of benzene rings is 3. The molecule has 29 heavy (non-hydrogen) atoms. The van der Waals surface area contributed by atoms with Crippen molar-refractivity contribution < 1.29 is 19.0 Å². The van der Waals surface area contributed by atoms with Crippen LogP contribution in [0.3, 0.4) is 0 Å². The second-order valence-electron chi connectivity index (χ2n) is 6.55. The highest BCUT2D eigenvalue weighted by Crippen LogP contribution is 2.17. The van der Waals surface area contributed by atoms with Crippen LogP contribution in [0.4, 0.5) is 0 Å². The fourth-order valence-corrected chi connectivity index (χ4v) is 2.89. The lowest BCUT2D eigenvalue weighted by molar-refractivity contribution is -0.134. The molecule has 0 radical (unpaired) electrons. The summed E-state index contributed by atoms with van der Waals surface area (Å²) in [5.74, 6) is 2.17. The van der Waals surface area contributed by atoms with Crippen molar-refractivity contribution >= 4 is 5.91 Å². The summed E-state index contributed by atoms with van der Waals surface area (Å²) in [5.41, 5.74) is 2.04. The normalized spacial score (nSPS) is 10.3. The van der Waals surface area contributed by atoms with Crippen LogP contribution < -0.4 is 14.2 Å². The Morgan fingerprint density at radius 1 is 0.690 bits per heavy atom. The average Bonchev–Trinajstić information content (AvgIpc) is 2.78. The monoisotopic (exact) mass is 391 g/mol. The van der Waals surface area contributed by atoms with Crippen molar-refractivity contribution in [3.05, 3.63) is 90.0 Å². The third-order valence-electron chi connectivity index (χ3n) is 4.52. The van der Waals surface area contributed by atoms with E-state index in [0.717, 1.165) is 22.6 Å². The lowest BCUT2D eigenvalue weighted by atomic mass is 10.1. The van der Waals surface area contributed by atoms with Crippen LogP contribution in [0.15, 0.2) is 78.9 Å². The van der Waals surface area contributed by atoms with Crippen molar-refractivity contribution in [1.82, 2.24) is 4.90 Å². The Hall–Kier alpha value is -3.47. The van der Waals surface area contributed by atoms with Gasteiger partial charge in [-0.2, -0.15) is 0 Å². The van der Waals surface area contributed by atoms with Crippen LogP contribution in [-0.2, 0) is 17.9 Å². The summed E-state index contributed by atoms with van der Waals surface area (Å²) in [7, 11) is 3.27. The van der Waals surface area contributed by atoms with Gasteiger partial charge in [-0.3, -0.25) is 4.79 Å². The molecule has 3 rings (SSSR count). The van der Waals surface area contributed by atoms with Gasteiger partial charge < -0.3 is 19.1 Å². The molecular weight excluding hydrogens is 366 g/mol. The highest BCUT2D eigenvalue weighted by Gasteiger charge is 2.16. The zero-order valence-corrected chi connectivity index (χ0v) is 16.7. The van der Waals surface area contributed by atoms with Crippen LogP contribution in [0.25, 0.3) is 0 Å². The second-order valence-corrected chi connectivity index (χ2v) is 6.55. The molecule has 0 aliphatic heterocycles. The maximum atomic E-state index is 12.9. The number of carbonyl (C=O) groups is 1. The van der Waals surface area contributed by atoms with E-state index in [0.29, 0.717) is 18.8 Å². The molecular formula is C24H25NO4. The Labute approximate surface area is 171 Å². The van der Waals surface area contributed by atoms with E-state index in [2.05, 4.69) is 0 Å². The number of rotatable bonds is 9. The molecule has 0 aliphatic carbocycles. The molecule has 1 amide bonds. The molecule has 0 heterocycles. The quantitative estimate of drug-likeness (QED) is 0.545. The maximum Gasteiger partial charge on any atom is 0.261 e. The molecule has 150 valence electrons. The first-order chi connectivity index (χ1) is 14.2. The number of amides is 1. The van der Waals surface area contributed by atoms with Crippen molar-refractivity contribution in [1.29, 1.82) is 0 Å². The van der Waals surface area contributed by atoms with Crippen LogP contribution in [0.1, 0.15) is 11.1 Å². The van der Waals surface area contributed by atoms with E-state index in [1.54, 1.807) is 19.1 Å². The molecule has 0 saturated carbocycles. The number of hydrogen-bond acceptors (Lipinski definition) is 4. The minimum atomic E-state index is -0.0829. The minimum Gasteiger partial charge on any atom is -0.497 e. The van der Waals surface area contributed by atoms with Crippen LogP contribution in [0, 0.1) is 0 Å². The SMILES string of the molecule is COc1ccc(CN(Cc2ccc(OC)cc2)C(=O)COc2ccccc2)cc1. The number of nitrogens with zero attached hydrogens (tertiary/aromatic N) is 1. The third kappa shape index (κ3) is 6.01. The highest BCUT2D eigenvalue weighted by atomic mass is 16.5. The van der Waals surface area contributed by atoms with Gasteiger partial charge in [0.15, 0.2) is 6.61 Å². The molecule has 0 saturated heterocycles. The van der Waals surface area contributed by atoms with Crippen LogP contribution >= 0.6 is 0 Å². The first-order valence-electron chi connectivity index (χ1n) is 9.39. The molecule has 0 spiro atoms. The van der Waals surface area contributed by atoms with Gasteiger partial charge in [-0.05, 0) is 47.5 Å². The second kappa shape index (κ2) is 10.2. The predicted octanol–water partition coefficient (Wildman–Crippen LogP) is 4.31. The topological polar surface area (TPSA) is 48.0 Å². The standard InChI is InChI=1S/C24H25NO4/c1-27-21-12-8-19(9-13-21)16-25(17-20-10-14-22(28-2)15-11-20)24(26)18-29-23-6-4-3-5-7-23/h3-15H,16-18H2,1-2H3. The van der Waals surface area contributed by atoms with Gasteiger partial charge in [0.25, 0.3) is 5.91 Å². The summed E-state index contributed by atoms with van der Waals surface area (Å²) in [6.07, 6.45) is 0. The van der Waals surface area contributed by atoms with Gasteiger partial charge in [0.1, 0.15) is 17.2 Å². The highest BCUT2D eigenvalue weighted by molar-refractivity contribution is 5.77. The van der Waals surface area contributed by atoms with Crippen LogP contribution in [-0.4, -0.2) is 31.6 Å². The van der Waals surface area contributed by atoms with Crippen molar-refractivity contribution in [2.45, 2.75) is 13.1 Å². The maximum absolute atomic E-state index is 12.9. The van der Waals surface area contributed by atoms with Crippen LogP contribution in [0.2, 0.25) is 0 Å². The number of hydrogen-bond donors (Lipinski definition) is 0. The lowest BCUT2D eigenvalue weighted by Gasteiger charge is -2.23. The fraction of sp³-hybridized carbons (Fsp3) is 0.208. The van der Waals surface area contributed by atoms with E-state index in [1.807, 2.05) is 78.9 Å². The van der Waals surface area contributed by atoms with Gasteiger partial charge in [-0.1, -0.05) is 42.5 Å². The molecule has 0 bridgehead atoms. The number of methoxy groups -OCH3 is 2. The summed E-state index contributed by atoms with van der Waals surface area (Å²) in [6, 6.07) is 24.8. The molecule has 0 N–H and O–H groups in total. The fourth-order valence-electron chi connectivity index (χ4n) is 2.89. The molecule has 0 unspecified atom stereocenters. The molecule has 5 nitrogen and oxygen atoms in total. The minimum absolute atomic E-state index is 0.0175. The van der Waals surface area contributed by atoms with Gasteiger partial charge >= 0.3 is 0 Å². The Morgan fingerprint density at radius 3 is 1.62 bits per heavy atom. The van der Waals surface area contributed by atoms with E-state index in [4.69, 9.17) is 14.2 Å². The number of para-hydroxylation sites is 1. The summed E-state index contributed by atoms with van der Waals surface area (Å²) in [4.78, 5) is 14.7. The van der Waals surface area contributed by atoms with Gasteiger partial charge in [0, 0.05) is 13.1 Å². The first kappa shape index (κ1) is 20.3. The summed E-state index contributed by atoms with van der Waals surface area (Å²) in [5, 5.41) is 0. The van der Waals surface area contributed by atoms with Gasteiger partial charge in [-0.15, -0.1) is 0 Å². The van der Waals surface area contributed by atoms with E-state index in [9.17, 15) is 4.79 Å². The smallest absolute Gasteiger partial charge is 0.261 e. The summed E-state index contributed by atoms with van der Waals surface area (Å²) >= 11 is 0. The molecule has 0 aromatic heterocycles. The largest absolute Gasteiger partial charge is 0.497 e.